The van der Waals surface area contributed by atoms with Crippen LogP contribution in [0.2, 0.25) is 0 Å². The van der Waals surface area contributed by atoms with Gasteiger partial charge in [-0.05, 0) is 26.0 Å². The van der Waals surface area contributed by atoms with E-state index in [4.69, 9.17) is 15.2 Å². The lowest BCUT2D eigenvalue weighted by Gasteiger charge is -2.31. The number of pyridine rings is 1. The Morgan fingerprint density at radius 1 is 1.27 bits per heavy atom. The second kappa shape index (κ2) is 5.80. The molecule has 0 radical (unpaired) electrons. The Bertz CT molecular complexity index is 271. The van der Waals surface area contributed by atoms with E-state index in [0.29, 0.717) is 13.2 Å². The zero-order valence-corrected chi connectivity index (χ0v) is 9.27. The Hall–Kier alpha value is -0.970. The van der Waals surface area contributed by atoms with E-state index >= 15 is 0 Å². The number of rotatable bonds is 6. The molecule has 1 heterocycles. The van der Waals surface area contributed by atoms with Crippen LogP contribution in [-0.4, -0.2) is 24.7 Å². The molecule has 0 fully saturated rings. The Kier molecular flexibility index (Phi) is 4.68. The summed E-state index contributed by atoms with van der Waals surface area (Å²) >= 11 is 0. The highest BCUT2D eigenvalue weighted by Crippen LogP contribution is 2.24. The Labute approximate surface area is 90.4 Å². The van der Waals surface area contributed by atoms with Gasteiger partial charge < -0.3 is 15.2 Å². The maximum absolute atomic E-state index is 5.72. The van der Waals surface area contributed by atoms with Crippen molar-refractivity contribution in [2.45, 2.75) is 19.6 Å². The smallest absolute Gasteiger partial charge is 0.225 e. The second-order valence-electron chi connectivity index (χ2n) is 3.04. The molecule has 4 heteroatoms. The van der Waals surface area contributed by atoms with Gasteiger partial charge in [-0.3, -0.25) is 4.98 Å². The first-order valence-electron chi connectivity index (χ1n) is 5.18. The van der Waals surface area contributed by atoms with Crippen molar-refractivity contribution in [3.63, 3.8) is 0 Å². The van der Waals surface area contributed by atoms with Gasteiger partial charge in [-0.25, -0.2) is 0 Å². The first kappa shape index (κ1) is 12.1. The van der Waals surface area contributed by atoms with Crippen LogP contribution in [0.5, 0.6) is 0 Å². The van der Waals surface area contributed by atoms with Gasteiger partial charge in [0, 0.05) is 19.4 Å². The van der Waals surface area contributed by atoms with E-state index in [1.165, 1.54) is 0 Å². The van der Waals surface area contributed by atoms with E-state index in [2.05, 4.69) is 4.98 Å². The molecule has 0 saturated heterocycles. The van der Waals surface area contributed by atoms with Crippen molar-refractivity contribution in [1.29, 1.82) is 0 Å². The van der Waals surface area contributed by atoms with E-state index < -0.39 is 5.79 Å². The van der Waals surface area contributed by atoms with Crippen LogP contribution in [0.1, 0.15) is 19.5 Å². The summed E-state index contributed by atoms with van der Waals surface area (Å²) in [6.45, 7) is 5.14. The van der Waals surface area contributed by atoms with Crippen LogP contribution in [0.3, 0.4) is 0 Å². The number of hydrogen-bond donors (Lipinski definition) is 1. The molecule has 0 aliphatic rings. The normalized spacial score (nSPS) is 11.7. The molecule has 1 aromatic heterocycles. The van der Waals surface area contributed by atoms with Crippen molar-refractivity contribution < 1.29 is 9.47 Å². The van der Waals surface area contributed by atoms with Gasteiger partial charge >= 0.3 is 0 Å². The lowest BCUT2D eigenvalue weighted by molar-refractivity contribution is -0.237. The summed E-state index contributed by atoms with van der Waals surface area (Å²) in [5, 5.41) is 0. The third-order valence-corrected chi connectivity index (χ3v) is 2.08. The molecule has 0 spiro atoms. The van der Waals surface area contributed by atoms with E-state index in [-0.39, 0.29) is 6.54 Å². The first-order valence-corrected chi connectivity index (χ1v) is 5.18. The van der Waals surface area contributed by atoms with Crippen molar-refractivity contribution >= 4 is 0 Å². The van der Waals surface area contributed by atoms with E-state index in [0.717, 1.165) is 5.69 Å². The molecule has 0 aromatic carbocycles. The maximum Gasteiger partial charge on any atom is 0.225 e. The summed E-state index contributed by atoms with van der Waals surface area (Å²) in [5.41, 5.74) is 6.44. The maximum atomic E-state index is 5.72. The van der Waals surface area contributed by atoms with E-state index in [1.807, 2.05) is 32.0 Å². The number of nitrogens with zero attached hydrogens (tertiary/aromatic N) is 1. The third-order valence-electron chi connectivity index (χ3n) is 2.08. The monoisotopic (exact) mass is 210 g/mol. The van der Waals surface area contributed by atoms with Gasteiger partial charge in [0.05, 0.1) is 6.54 Å². The molecular weight excluding hydrogens is 192 g/mol. The molecule has 2 N–H and O–H groups in total. The lowest BCUT2D eigenvalue weighted by Crippen LogP contribution is -2.41. The fraction of sp³-hybridized carbons (Fsp3) is 0.545. The van der Waals surface area contributed by atoms with Gasteiger partial charge in [0.2, 0.25) is 5.79 Å². The Morgan fingerprint density at radius 2 is 1.93 bits per heavy atom. The summed E-state index contributed by atoms with van der Waals surface area (Å²) in [5.74, 6) is -0.898. The minimum absolute atomic E-state index is 0.256. The lowest BCUT2D eigenvalue weighted by atomic mass is 10.1. The van der Waals surface area contributed by atoms with Crippen LogP contribution >= 0.6 is 0 Å². The van der Waals surface area contributed by atoms with E-state index in [1.54, 1.807) is 6.20 Å². The molecule has 0 bridgehead atoms. The zero-order chi connectivity index (χ0) is 11.1. The number of ether oxygens (including phenoxy) is 2. The first-order chi connectivity index (χ1) is 7.29. The van der Waals surface area contributed by atoms with Crippen LogP contribution in [0.15, 0.2) is 24.4 Å². The van der Waals surface area contributed by atoms with Gasteiger partial charge in [0.25, 0.3) is 0 Å². The fourth-order valence-corrected chi connectivity index (χ4v) is 1.47. The highest BCUT2D eigenvalue weighted by molar-refractivity contribution is 5.11. The third kappa shape index (κ3) is 2.75. The molecule has 1 aromatic rings. The van der Waals surface area contributed by atoms with Crippen molar-refractivity contribution in [2.75, 3.05) is 19.8 Å². The predicted molar refractivity (Wildman–Crippen MR) is 58.2 cm³/mol. The minimum Gasteiger partial charge on any atom is -0.344 e. The number of aromatic nitrogens is 1. The molecule has 0 unspecified atom stereocenters. The topological polar surface area (TPSA) is 57.4 Å². The van der Waals surface area contributed by atoms with Crippen LogP contribution in [-0.2, 0) is 15.3 Å². The largest absolute Gasteiger partial charge is 0.344 e. The second-order valence-corrected chi connectivity index (χ2v) is 3.04. The van der Waals surface area contributed by atoms with Crippen LogP contribution in [0.25, 0.3) is 0 Å². The molecule has 0 saturated carbocycles. The van der Waals surface area contributed by atoms with Crippen LogP contribution in [0, 0.1) is 0 Å². The highest BCUT2D eigenvalue weighted by Gasteiger charge is 2.33. The Balaban J connectivity index is 2.97. The molecule has 0 amide bonds. The molecular formula is C11H18N2O2. The minimum atomic E-state index is -0.898. The summed E-state index contributed by atoms with van der Waals surface area (Å²) in [7, 11) is 0. The van der Waals surface area contributed by atoms with Crippen LogP contribution < -0.4 is 5.73 Å². The average molecular weight is 210 g/mol. The van der Waals surface area contributed by atoms with Gasteiger partial charge in [0.15, 0.2) is 0 Å². The van der Waals surface area contributed by atoms with Crippen molar-refractivity contribution in [3.05, 3.63) is 30.1 Å². The molecule has 0 aliphatic heterocycles. The van der Waals surface area contributed by atoms with E-state index in [9.17, 15) is 0 Å². The standard InChI is InChI=1S/C11H18N2O2/c1-3-14-11(9-12,15-4-2)10-7-5-6-8-13-10/h5-8H,3-4,9,12H2,1-2H3. The zero-order valence-electron chi connectivity index (χ0n) is 9.27. The van der Waals surface area contributed by atoms with Crippen molar-refractivity contribution in [3.8, 4) is 0 Å². The van der Waals surface area contributed by atoms with Crippen molar-refractivity contribution in [1.82, 2.24) is 4.98 Å². The number of hydrogen-bond acceptors (Lipinski definition) is 4. The molecule has 15 heavy (non-hydrogen) atoms. The molecule has 0 aliphatic carbocycles. The summed E-state index contributed by atoms with van der Waals surface area (Å²) in [4.78, 5) is 4.23. The average Bonchev–Trinajstić information content (AvgIpc) is 2.30. The van der Waals surface area contributed by atoms with Crippen LogP contribution in [0.4, 0.5) is 0 Å². The molecule has 84 valence electrons. The van der Waals surface area contributed by atoms with Gasteiger partial charge in [-0.2, -0.15) is 0 Å². The summed E-state index contributed by atoms with van der Waals surface area (Å²) < 4.78 is 11.2. The summed E-state index contributed by atoms with van der Waals surface area (Å²) in [6, 6.07) is 5.60. The fourth-order valence-electron chi connectivity index (χ4n) is 1.47. The summed E-state index contributed by atoms with van der Waals surface area (Å²) in [6.07, 6.45) is 1.71. The number of nitrogens with two attached hydrogens (primary N) is 1. The molecule has 0 atom stereocenters. The van der Waals surface area contributed by atoms with Gasteiger partial charge in [-0.1, -0.05) is 6.07 Å². The van der Waals surface area contributed by atoms with Gasteiger partial charge in [0.1, 0.15) is 5.69 Å². The molecule has 1 rings (SSSR count). The van der Waals surface area contributed by atoms with Gasteiger partial charge in [-0.15, -0.1) is 0 Å². The highest BCUT2D eigenvalue weighted by atomic mass is 16.7. The van der Waals surface area contributed by atoms with Crippen molar-refractivity contribution in [2.24, 2.45) is 5.73 Å². The Morgan fingerprint density at radius 3 is 2.33 bits per heavy atom. The SMILES string of the molecule is CCOC(CN)(OCC)c1ccccn1. The quantitative estimate of drug-likeness (QED) is 0.718. The molecule has 4 nitrogen and oxygen atoms in total. The predicted octanol–water partition coefficient (Wildman–Crippen LogP) is 1.27.